The number of carbonyl (C=O) groups is 2. The molecule has 0 saturated carbocycles. The van der Waals surface area contributed by atoms with E-state index < -0.39 is 18.2 Å². The van der Waals surface area contributed by atoms with Gasteiger partial charge in [-0.3, -0.25) is 9.69 Å². The highest BCUT2D eigenvalue weighted by Crippen LogP contribution is 2.28. The lowest BCUT2D eigenvalue weighted by molar-refractivity contribution is -0.192. The molecule has 1 unspecified atom stereocenters. The zero-order chi connectivity index (χ0) is 25.8. The Bertz CT molecular complexity index is 1030. The van der Waals surface area contributed by atoms with Crippen LogP contribution in [-0.4, -0.2) is 61.1 Å². The van der Waals surface area contributed by atoms with Crippen molar-refractivity contribution in [2.75, 3.05) is 13.1 Å². The van der Waals surface area contributed by atoms with Crippen LogP contribution in [0.4, 0.5) is 13.2 Å². The fraction of sp³-hybridized carbons (Fsp3) is 0.565. The number of hydrogen-bond donors (Lipinski definition) is 2. The summed E-state index contributed by atoms with van der Waals surface area (Å²) in [7, 11) is 0. The number of Topliss-reactive ketones (excluding diaryl/α,β-unsaturated/α-hetero) is 1. The van der Waals surface area contributed by atoms with Crippen LogP contribution in [0.25, 0.3) is 0 Å². The maximum atomic E-state index is 12.0. The largest absolute Gasteiger partial charge is 0.490 e. The van der Waals surface area contributed by atoms with Crippen LogP contribution in [0.2, 0.25) is 0 Å². The van der Waals surface area contributed by atoms with Gasteiger partial charge in [0.15, 0.2) is 5.78 Å². The van der Waals surface area contributed by atoms with Crippen LogP contribution in [0.5, 0.6) is 0 Å². The van der Waals surface area contributed by atoms with Gasteiger partial charge in [-0.25, -0.2) is 9.48 Å². The van der Waals surface area contributed by atoms with Gasteiger partial charge in [0.05, 0.1) is 18.3 Å². The van der Waals surface area contributed by atoms with Crippen LogP contribution < -0.4 is 0 Å². The normalized spacial score (nSPS) is 16.0. The lowest BCUT2D eigenvalue weighted by Crippen LogP contribution is -2.35. The molecule has 34 heavy (non-hydrogen) atoms. The van der Waals surface area contributed by atoms with Crippen molar-refractivity contribution < 1.29 is 33.0 Å². The summed E-state index contributed by atoms with van der Waals surface area (Å²) < 4.78 is 33.6. The molecule has 11 heteroatoms. The third-order valence-corrected chi connectivity index (χ3v) is 5.99. The molecular weight excluding hydrogens is 453 g/mol. The molecule has 2 heterocycles. The second kappa shape index (κ2) is 11.1. The van der Waals surface area contributed by atoms with Crippen molar-refractivity contribution in [3.8, 4) is 0 Å². The van der Waals surface area contributed by atoms with Crippen LogP contribution >= 0.6 is 0 Å². The molecule has 1 fully saturated rings. The minimum atomic E-state index is -5.08. The van der Waals surface area contributed by atoms with E-state index in [0.29, 0.717) is 11.7 Å². The highest BCUT2D eigenvalue weighted by atomic mass is 19.4. The Morgan fingerprint density at radius 1 is 1.18 bits per heavy atom. The lowest BCUT2D eigenvalue weighted by atomic mass is 9.91. The monoisotopic (exact) mass is 484 g/mol. The van der Waals surface area contributed by atoms with Gasteiger partial charge >= 0.3 is 12.1 Å². The number of aromatic nitrogens is 3. The quantitative estimate of drug-likeness (QED) is 0.619. The number of benzene rings is 1. The van der Waals surface area contributed by atoms with Crippen LogP contribution in [0.3, 0.4) is 0 Å². The maximum Gasteiger partial charge on any atom is 0.490 e. The van der Waals surface area contributed by atoms with E-state index >= 15 is 0 Å². The Balaban J connectivity index is 0.000000509. The predicted molar refractivity (Wildman–Crippen MR) is 119 cm³/mol. The smallest absolute Gasteiger partial charge is 0.475 e. The van der Waals surface area contributed by atoms with Crippen LogP contribution in [-0.2, 0) is 11.3 Å². The fourth-order valence-electron chi connectivity index (χ4n) is 4.24. The Hall–Kier alpha value is -2.79. The molecule has 1 aromatic heterocycles. The lowest BCUT2D eigenvalue weighted by Gasteiger charge is -2.32. The van der Waals surface area contributed by atoms with E-state index in [4.69, 9.17) is 9.90 Å². The average molecular weight is 485 g/mol. The third-order valence-electron chi connectivity index (χ3n) is 5.99. The summed E-state index contributed by atoms with van der Waals surface area (Å²) in [5, 5.41) is 25.0. The summed E-state index contributed by atoms with van der Waals surface area (Å²) in [6, 6.07) is 2.47. The Morgan fingerprint density at radius 2 is 1.74 bits per heavy atom. The topological polar surface area (TPSA) is 109 Å². The number of aliphatic hydroxyl groups excluding tert-OH is 1. The van der Waals surface area contributed by atoms with E-state index in [1.807, 2.05) is 17.8 Å². The summed E-state index contributed by atoms with van der Waals surface area (Å²) >= 11 is 0. The number of aliphatic carboxylic acids is 1. The number of aliphatic hydroxyl groups is 1. The molecule has 0 spiro atoms. The Morgan fingerprint density at radius 3 is 2.18 bits per heavy atom. The van der Waals surface area contributed by atoms with Gasteiger partial charge < -0.3 is 10.2 Å². The zero-order valence-electron chi connectivity index (χ0n) is 20.0. The minimum Gasteiger partial charge on any atom is -0.475 e. The van der Waals surface area contributed by atoms with Gasteiger partial charge in [-0.15, -0.1) is 5.10 Å². The number of aryl methyl sites for hydroxylation is 2. The number of halogens is 3. The Labute approximate surface area is 196 Å². The van der Waals surface area contributed by atoms with Gasteiger partial charge in [0.2, 0.25) is 0 Å². The van der Waals surface area contributed by atoms with Gasteiger partial charge in [-0.05, 0) is 69.7 Å². The highest BCUT2D eigenvalue weighted by Gasteiger charge is 2.38. The first-order chi connectivity index (χ1) is 15.7. The number of ketones is 1. The van der Waals surface area contributed by atoms with E-state index in [0.717, 1.165) is 49.2 Å². The number of alkyl halides is 3. The summed E-state index contributed by atoms with van der Waals surface area (Å²) in [6.45, 7) is 12.4. The molecule has 1 atom stereocenters. The molecular formula is C23H31F3N4O4. The fourth-order valence-corrected chi connectivity index (χ4v) is 4.24. The first-order valence-corrected chi connectivity index (χ1v) is 10.9. The first kappa shape index (κ1) is 27.5. The number of rotatable bonds is 5. The van der Waals surface area contributed by atoms with Crippen molar-refractivity contribution in [3.63, 3.8) is 0 Å². The van der Waals surface area contributed by atoms with Gasteiger partial charge in [0.25, 0.3) is 0 Å². The molecule has 2 aromatic rings. The molecule has 0 radical (unpaired) electrons. The first-order valence-electron chi connectivity index (χ1n) is 10.9. The van der Waals surface area contributed by atoms with Gasteiger partial charge in [0.1, 0.15) is 5.69 Å². The number of piperidine rings is 1. The second-order valence-electron chi connectivity index (χ2n) is 8.65. The Kier molecular flexibility index (Phi) is 8.96. The van der Waals surface area contributed by atoms with Crippen LogP contribution in [0, 0.1) is 20.8 Å². The molecule has 2 N–H and O–H groups in total. The molecule has 0 bridgehead atoms. The van der Waals surface area contributed by atoms with Crippen molar-refractivity contribution in [3.05, 3.63) is 45.8 Å². The number of carbonyl (C=O) groups excluding carboxylic acids is 1. The summed E-state index contributed by atoms with van der Waals surface area (Å²) in [5.41, 5.74) is 6.23. The van der Waals surface area contributed by atoms with Crippen molar-refractivity contribution in [1.29, 1.82) is 0 Å². The van der Waals surface area contributed by atoms with Crippen LogP contribution in [0.1, 0.15) is 77.1 Å². The van der Waals surface area contributed by atoms with E-state index in [2.05, 4.69) is 35.1 Å². The second-order valence-corrected chi connectivity index (χ2v) is 8.65. The van der Waals surface area contributed by atoms with E-state index in [9.17, 15) is 23.1 Å². The highest BCUT2D eigenvalue weighted by molar-refractivity contribution is 5.97. The standard InChI is InChI=1S/C21H30N4O2.C2HF3O2/c1-13-10-14(2)21(17(5)27)15(3)19(13)11-24-8-6-18(7-9-24)25-12-20(16(4)26)22-23-25;3-2(4,5)1(6)7/h10,12,16,18,26H,6-9,11H2,1-5H3;(H,6,7). The minimum absolute atomic E-state index is 0.144. The van der Waals surface area contributed by atoms with Gasteiger partial charge in [-0.1, -0.05) is 11.3 Å². The molecule has 3 rings (SSSR count). The number of likely N-dealkylation sites (tertiary alicyclic amines) is 1. The third kappa shape index (κ3) is 6.86. The zero-order valence-corrected chi connectivity index (χ0v) is 20.0. The number of carboxylic acids is 1. The SMILES string of the molecule is CC(=O)c1c(C)cc(C)c(CN2CCC(n3cc(C(C)O)nn3)CC2)c1C.O=C(O)C(F)(F)F. The maximum absolute atomic E-state index is 12.0. The molecule has 0 amide bonds. The van der Waals surface area contributed by atoms with E-state index in [1.54, 1.807) is 13.8 Å². The summed E-state index contributed by atoms with van der Waals surface area (Å²) in [5.74, 6) is -2.61. The average Bonchev–Trinajstić information content (AvgIpc) is 3.21. The molecule has 1 saturated heterocycles. The van der Waals surface area contributed by atoms with Crippen LogP contribution in [0.15, 0.2) is 12.3 Å². The molecule has 188 valence electrons. The summed E-state index contributed by atoms with van der Waals surface area (Å²) in [4.78, 5) is 23.4. The van der Waals surface area contributed by atoms with E-state index in [1.165, 1.54) is 11.1 Å². The summed E-state index contributed by atoms with van der Waals surface area (Å²) in [6.07, 6.45) is -1.79. The number of nitrogens with zero attached hydrogens (tertiary/aromatic N) is 4. The number of hydrogen-bond acceptors (Lipinski definition) is 6. The molecule has 1 aliphatic rings. The molecule has 0 aliphatic carbocycles. The van der Waals surface area contributed by atoms with E-state index in [-0.39, 0.29) is 5.78 Å². The molecule has 8 nitrogen and oxygen atoms in total. The predicted octanol–water partition coefficient (Wildman–Crippen LogP) is 3.93. The van der Waals surface area contributed by atoms with Crippen molar-refractivity contribution in [2.24, 2.45) is 0 Å². The molecule has 1 aliphatic heterocycles. The van der Waals surface area contributed by atoms with Gasteiger partial charge in [0, 0.05) is 25.2 Å². The van der Waals surface area contributed by atoms with Crippen molar-refractivity contribution in [1.82, 2.24) is 19.9 Å². The van der Waals surface area contributed by atoms with Crippen molar-refractivity contribution >= 4 is 11.8 Å². The van der Waals surface area contributed by atoms with Gasteiger partial charge in [-0.2, -0.15) is 13.2 Å². The number of carboxylic acid groups (broad SMARTS) is 1. The molecule has 1 aromatic carbocycles. The van der Waals surface area contributed by atoms with Crippen molar-refractivity contribution in [2.45, 2.75) is 72.3 Å².